The molecule has 0 aliphatic carbocycles. The number of rotatable bonds is 1. The summed E-state index contributed by atoms with van der Waals surface area (Å²) in [6.07, 6.45) is 2.20. The first-order valence-corrected chi connectivity index (χ1v) is 5.21. The van der Waals surface area contributed by atoms with Gasteiger partial charge >= 0.3 is 0 Å². The van der Waals surface area contributed by atoms with Gasteiger partial charge in [-0.05, 0) is 28.8 Å². The smallest absolute Gasteiger partial charge is 0.270 e. The summed E-state index contributed by atoms with van der Waals surface area (Å²) in [7, 11) is 0. The molecule has 76 valence electrons. The first-order valence-electron chi connectivity index (χ1n) is 4.42. The van der Waals surface area contributed by atoms with Gasteiger partial charge in [-0.15, -0.1) is 0 Å². The number of H-pyrrole nitrogens is 1. The van der Waals surface area contributed by atoms with E-state index in [2.05, 4.69) is 25.9 Å². The van der Waals surface area contributed by atoms with E-state index in [1.54, 1.807) is 0 Å². The van der Waals surface area contributed by atoms with Crippen LogP contribution < -0.4 is 10.5 Å². The quantitative estimate of drug-likeness (QED) is 0.785. The number of hydrogen-bond acceptors (Lipinski definition) is 4. The highest BCUT2D eigenvalue weighted by Gasteiger charge is 2.16. The minimum absolute atomic E-state index is 0.0837. The second-order valence-corrected chi connectivity index (χ2v) is 4.01. The summed E-state index contributed by atoms with van der Waals surface area (Å²) in [5.41, 5.74) is -0.348. The van der Waals surface area contributed by atoms with Gasteiger partial charge < -0.3 is 10.0 Å². The Labute approximate surface area is 88.9 Å². The predicted molar refractivity (Wildman–Crippen MR) is 55.7 cm³/mol. The molecule has 2 heterocycles. The molecule has 1 aliphatic heterocycles. The Morgan fingerprint density at radius 3 is 2.64 bits per heavy atom. The Morgan fingerprint density at radius 2 is 2.07 bits per heavy atom. The molecular weight excluding hydrogens is 250 g/mol. The van der Waals surface area contributed by atoms with Crippen LogP contribution in [0.4, 0.5) is 5.95 Å². The van der Waals surface area contributed by atoms with E-state index in [9.17, 15) is 9.90 Å². The van der Waals surface area contributed by atoms with Crippen molar-refractivity contribution < 1.29 is 5.11 Å². The number of nitrogens with zero attached hydrogens (tertiary/aromatic N) is 2. The van der Waals surface area contributed by atoms with Gasteiger partial charge in [0.2, 0.25) is 11.8 Å². The van der Waals surface area contributed by atoms with Crippen molar-refractivity contribution in [3.8, 4) is 5.88 Å². The third-order valence-electron chi connectivity index (χ3n) is 2.24. The summed E-state index contributed by atoms with van der Waals surface area (Å²) in [6, 6.07) is 0. The monoisotopic (exact) mass is 259 g/mol. The molecule has 2 N–H and O–H groups in total. The summed E-state index contributed by atoms with van der Waals surface area (Å²) < 4.78 is 0.0837. The van der Waals surface area contributed by atoms with Crippen LogP contribution in [0.5, 0.6) is 5.88 Å². The van der Waals surface area contributed by atoms with Gasteiger partial charge in [0.25, 0.3) is 5.56 Å². The Kier molecular flexibility index (Phi) is 2.45. The fourth-order valence-electron chi connectivity index (χ4n) is 1.51. The van der Waals surface area contributed by atoms with E-state index in [4.69, 9.17) is 0 Å². The van der Waals surface area contributed by atoms with Crippen LogP contribution in [-0.2, 0) is 0 Å². The van der Waals surface area contributed by atoms with Crippen molar-refractivity contribution in [3.05, 3.63) is 14.8 Å². The number of anilines is 1. The highest BCUT2D eigenvalue weighted by Crippen LogP contribution is 2.20. The van der Waals surface area contributed by atoms with Gasteiger partial charge in [-0.2, -0.15) is 4.98 Å². The van der Waals surface area contributed by atoms with E-state index >= 15 is 0 Å². The Hall–Kier alpha value is -1.04. The number of nitrogens with one attached hydrogen (secondary N) is 1. The second-order valence-electron chi connectivity index (χ2n) is 3.22. The normalized spacial score (nSPS) is 16.2. The lowest BCUT2D eigenvalue weighted by atomic mass is 10.4. The minimum atomic E-state index is -0.348. The molecule has 0 unspecified atom stereocenters. The molecule has 0 bridgehead atoms. The topological polar surface area (TPSA) is 69.2 Å². The van der Waals surface area contributed by atoms with Crippen molar-refractivity contribution >= 4 is 21.9 Å². The van der Waals surface area contributed by atoms with Crippen LogP contribution in [0, 0.1) is 0 Å². The van der Waals surface area contributed by atoms with Gasteiger partial charge in [0.1, 0.15) is 4.47 Å². The Bertz CT molecular complexity index is 398. The molecule has 1 aromatic rings. The Morgan fingerprint density at radius 1 is 1.43 bits per heavy atom. The van der Waals surface area contributed by atoms with E-state index < -0.39 is 0 Å². The number of aromatic nitrogens is 2. The number of halogens is 1. The van der Waals surface area contributed by atoms with E-state index in [0.29, 0.717) is 5.95 Å². The van der Waals surface area contributed by atoms with Crippen molar-refractivity contribution in [2.24, 2.45) is 0 Å². The van der Waals surface area contributed by atoms with Gasteiger partial charge in [0.05, 0.1) is 0 Å². The molecule has 1 aliphatic rings. The van der Waals surface area contributed by atoms with Crippen molar-refractivity contribution in [1.82, 2.24) is 9.97 Å². The maximum Gasteiger partial charge on any atom is 0.270 e. The number of hydrogen-bond donors (Lipinski definition) is 2. The van der Waals surface area contributed by atoms with E-state index in [1.807, 2.05) is 4.90 Å². The van der Waals surface area contributed by atoms with Crippen LogP contribution >= 0.6 is 15.9 Å². The van der Waals surface area contributed by atoms with Crippen molar-refractivity contribution in [1.29, 1.82) is 0 Å². The summed E-state index contributed by atoms with van der Waals surface area (Å²) in [5.74, 6) is 0.198. The Balaban J connectivity index is 2.39. The molecule has 6 heteroatoms. The van der Waals surface area contributed by atoms with Crippen molar-refractivity contribution in [2.45, 2.75) is 12.8 Å². The molecule has 1 aromatic heterocycles. The fourth-order valence-corrected chi connectivity index (χ4v) is 1.70. The van der Waals surface area contributed by atoms with Gasteiger partial charge in [-0.25, -0.2) is 0 Å². The van der Waals surface area contributed by atoms with Gasteiger partial charge in [0, 0.05) is 13.1 Å². The molecular formula is C8H10BrN3O2. The molecule has 14 heavy (non-hydrogen) atoms. The lowest BCUT2D eigenvalue weighted by Gasteiger charge is -2.15. The third kappa shape index (κ3) is 1.61. The maximum atomic E-state index is 11.3. The van der Waals surface area contributed by atoms with Crippen LogP contribution in [0.15, 0.2) is 9.27 Å². The lowest BCUT2D eigenvalue weighted by molar-refractivity contribution is 0.447. The standard InChI is InChI=1S/C8H10BrN3O2/c9-5-6(13)10-8(11-7(5)14)12-3-1-2-4-12/h1-4H2,(H2,10,11,13,14). The van der Waals surface area contributed by atoms with Crippen LogP contribution in [0.2, 0.25) is 0 Å². The SMILES string of the molecule is O=c1[nH]c(N2CCCC2)nc(O)c1Br. The zero-order valence-corrected chi connectivity index (χ0v) is 9.04. The molecule has 5 nitrogen and oxygen atoms in total. The molecule has 0 spiro atoms. The highest BCUT2D eigenvalue weighted by molar-refractivity contribution is 9.10. The second kappa shape index (κ2) is 3.61. The van der Waals surface area contributed by atoms with Crippen molar-refractivity contribution in [3.63, 3.8) is 0 Å². The highest BCUT2D eigenvalue weighted by atomic mass is 79.9. The first-order chi connectivity index (χ1) is 6.68. The molecule has 0 saturated carbocycles. The van der Waals surface area contributed by atoms with Crippen molar-refractivity contribution in [2.75, 3.05) is 18.0 Å². The minimum Gasteiger partial charge on any atom is -0.492 e. The summed E-state index contributed by atoms with van der Waals surface area (Å²) in [4.78, 5) is 19.7. The molecule has 2 rings (SSSR count). The molecule has 0 atom stereocenters. The average molecular weight is 260 g/mol. The summed E-state index contributed by atoms with van der Waals surface area (Å²) in [6.45, 7) is 1.76. The van der Waals surface area contributed by atoms with Crippen LogP contribution in [0.25, 0.3) is 0 Å². The van der Waals surface area contributed by atoms with E-state index in [1.165, 1.54) is 0 Å². The molecule has 1 fully saturated rings. The van der Waals surface area contributed by atoms with Crippen LogP contribution in [0.3, 0.4) is 0 Å². The van der Waals surface area contributed by atoms with Gasteiger partial charge in [0.15, 0.2) is 0 Å². The fraction of sp³-hybridized carbons (Fsp3) is 0.500. The maximum absolute atomic E-state index is 11.3. The van der Waals surface area contributed by atoms with Crippen LogP contribution in [0.1, 0.15) is 12.8 Å². The summed E-state index contributed by atoms with van der Waals surface area (Å²) >= 11 is 2.95. The van der Waals surface area contributed by atoms with E-state index in [0.717, 1.165) is 25.9 Å². The first kappa shape index (κ1) is 9.51. The van der Waals surface area contributed by atoms with Crippen LogP contribution in [-0.4, -0.2) is 28.2 Å². The van der Waals surface area contributed by atoms with E-state index in [-0.39, 0.29) is 15.9 Å². The predicted octanol–water partition coefficient (Wildman–Crippen LogP) is 0.838. The zero-order chi connectivity index (χ0) is 10.1. The lowest BCUT2D eigenvalue weighted by Crippen LogP contribution is -2.24. The molecule has 0 radical (unpaired) electrons. The van der Waals surface area contributed by atoms with Gasteiger partial charge in [-0.3, -0.25) is 9.78 Å². The molecule has 1 saturated heterocycles. The summed E-state index contributed by atoms with van der Waals surface area (Å²) in [5, 5.41) is 9.34. The zero-order valence-electron chi connectivity index (χ0n) is 7.46. The molecule has 0 amide bonds. The number of aromatic hydroxyl groups is 1. The average Bonchev–Trinajstić information content (AvgIpc) is 2.66. The molecule has 0 aromatic carbocycles. The van der Waals surface area contributed by atoms with Gasteiger partial charge in [-0.1, -0.05) is 0 Å². The third-order valence-corrected chi connectivity index (χ3v) is 2.95. The largest absolute Gasteiger partial charge is 0.492 e. The number of aromatic amines is 1.